The molecule has 0 aliphatic carbocycles. The molecule has 0 saturated carbocycles. The molecule has 1 heterocycles. The monoisotopic (exact) mass is 365 g/mol. The predicted octanol–water partition coefficient (Wildman–Crippen LogP) is 4.23. The van der Waals surface area contributed by atoms with Gasteiger partial charge in [-0.2, -0.15) is 0 Å². The Balaban J connectivity index is 1.58. The maximum Gasteiger partial charge on any atom is 0.306 e. The topological polar surface area (TPSA) is 68.4 Å². The number of ether oxygens (including phenoxy) is 2. The van der Waals surface area contributed by atoms with Crippen molar-refractivity contribution in [2.24, 2.45) is 0 Å². The van der Waals surface area contributed by atoms with Gasteiger partial charge >= 0.3 is 5.97 Å². The van der Waals surface area contributed by atoms with Crippen LogP contribution in [0.4, 0.5) is 0 Å². The number of Topliss-reactive ketones (excluding diaryl/α,β-unsaturated/α-hetero) is 1. The van der Waals surface area contributed by atoms with Gasteiger partial charge in [-0.05, 0) is 38.0 Å². The third-order valence-corrected chi connectivity index (χ3v) is 4.41. The third-order valence-electron chi connectivity index (χ3n) is 4.41. The van der Waals surface area contributed by atoms with Crippen LogP contribution in [-0.2, 0) is 16.0 Å². The molecule has 2 aromatic carbocycles. The fraction of sp³-hybridized carbons (Fsp3) is 0.273. The Morgan fingerprint density at radius 1 is 1.04 bits per heavy atom. The standard InChI is InChI=1S/C22H23NO4/c1-3-26-20-11-7-4-8-16(20)12-13-21(25)27-14-19(24)22-15(2)23-18-10-6-5-9-17(18)22/h4-11,23H,3,12-14H2,1-2H3. The van der Waals surface area contributed by atoms with E-state index in [0.717, 1.165) is 27.9 Å². The molecular weight excluding hydrogens is 342 g/mol. The van der Waals surface area contributed by atoms with E-state index >= 15 is 0 Å². The number of aryl methyl sites for hydroxylation is 2. The molecule has 0 aliphatic heterocycles. The van der Waals surface area contributed by atoms with E-state index in [-0.39, 0.29) is 18.8 Å². The molecule has 0 aliphatic rings. The van der Waals surface area contributed by atoms with Crippen LogP contribution in [-0.4, -0.2) is 30.0 Å². The van der Waals surface area contributed by atoms with E-state index in [1.807, 2.05) is 62.4 Å². The molecule has 27 heavy (non-hydrogen) atoms. The Morgan fingerprint density at radius 3 is 2.59 bits per heavy atom. The first-order chi connectivity index (χ1) is 13.1. The van der Waals surface area contributed by atoms with Crippen molar-refractivity contribution < 1.29 is 19.1 Å². The summed E-state index contributed by atoms with van der Waals surface area (Å²) in [7, 11) is 0. The number of carbonyl (C=O) groups excluding carboxylic acids is 2. The van der Waals surface area contributed by atoms with Crippen LogP contribution in [0, 0.1) is 6.92 Å². The Labute approximate surface area is 158 Å². The molecule has 5 nitrogen and oxygen atoms in total. The van der Waals surface area contributed by atoms with Gasteiger partial charge in [-0.1, -0.05) is 36.4 Å². The van der Waals surface area contributed by atoms with Crippen LogP contribution < -0.4 is 4.74 Å². The number of hydrogen-bond acceptors (Lipinski definition) is 4. The number of fused-ring (bicyclic) bond motifs is 1. The Bertz CT molecular complexity index is 958. The van der Waals surface area contributed by atoms with Gasteiger partial charge in [-0.15, -0.1) is 0 Å². The number of nitrogens with one attached hydrogen (secondary N) is 1. The molecular formula is C22H23NO4. The highest BCUT2D eigenvalue weighted by molar-refractivity contribution is 6.10. The minimum absolute atomic E-state index is 0.199. The number of aromatic nitrogens is 1. The van der Waals surface area contributed by atoms with Crippen molar-refractivity contribution >= 4 is 22.7 Å². The van der Waals surface area contributed by atoms with Crippen molar-refractivity contribution in [3.63, 3.8) is 0 Å². The summed E-state index contributed by atoms with van der Waals surface area (Å²) in [6, 6.07) is 15.2. The lowest BCUT2D eigenvalue weighted by atomic mass is 10.1. The van der Waals surface area contributed by atoms with Crippen molar-refractivity contribution in [2.75, 3.05) is 13.2 Å². The number of hydrogen-bond donors (Lipinski definition) is 1. The maximum atomic E-state index is 12.5. The minimum atomic E-state index is -0.396. The highest BCUT2D eigenvalue weighted by atomic mass is 16.5. The molecule has 3 aromatic rings. The molecule has 1 aromatic heterocycles. The normalized spacial score (nSPS) is 10.7. The van der Waals surface area contributed by atoms with Gasteiger partial charge in [-0.25, -0.2) is 0 Å². The van der Waals surface area contributed by atoms with Gasteiger partial charge in [0.25, 0.3) is 0 Å². The number of H-pyrrole nitrogens is 1. The first kappa shape index (κ1) is 18.7. The van der Waals surface area contributed by atoms with Crippen LogP contribution in [0.5, 0.6) is 5.75 Å². The van der Waals surface area contributed by atoms with Crippen LogP contribution in [0.2, 0.25) is 0 Å². The molecule has 0 atom stereocenters. The third kappa shape index (κ3) is 4.37. The second kappa shape index (κ2) is 8.54. The molecule has 0 bridgehead atoms. The first-order valence-corrected chi connectivity index (χ1v) is 9.07. The SMILES string of the molecule is CCOc1ccccc1CCC(=O)OCC(=O)c1c(C)[nH]c2ccccc12. The quantitative estimate of drug-likeness (QED) is 0.479. The van der Waals surface area contributed by atoms with Crippen molar-refractivity contribution in [1.82, 2.24) is 4.98 Å². The molecule has 0 amide bonds. The lowest BCUT2D eigenvalue weighted by Gasteiger charge is -2.09. The summed E-state index contributed by atoms with van der Waals surface area (Å²) >= 11 is 0. The van der Waals surface area contributed by atoms with Gasteiger partial charge < -0.3 is 14.5 Å². The fourth-order valence-electron chi connectivity index (χ4n) is 3.17. The molecule has 0 spiro atoms. The summed E-state index contributed by atoms with van der Waals surface area (Å²) in [6.45, 7) is 4.08. The van der Waals surface area contributed by atoms with Crippen LogP contribution in [0.1, 0.15) is 35.0 Å². The van der Waals surface area contributed by atoms with Gasteiger partial charge in [0.1, 0.15) is 5.75 Å². The lowest BCUT2D eigenvalue weighted by molar-refractivity contribution is -0.142. The molecule has 0 fully saturated rings. The van der Waals surface area contributed by atoms with E-state index in [0.29, 0.717) is 18.6 Å². The second-order valence-electron chi connectivity index (χ2n) is 6.30. The van der Waals surface area contributed by atoms with E-state index in [1.54, 1.807) is 0 Å². The molecule has 3 rings (SSSR count). The van der Waals surface area contributed by atoms with Crippen LogP contribution in [0.15, 0.2) is 48.5 Å². The van der Waals surface area contributed by atoms with Crippen LogP contribution in [0.25, 0.3) is 10.9 Å². The molecule has 140 valence electrons. The largest absolute Gasteiger partial charge is 0.494 e. The smallest absolute Gasteiger partial charge is 0.306 e. The zero-order chi connectivity index (χ0) is 19.2. The predicted molar refractivity (Wildman–Crippen MR) is 104 cm³/mol. The number of carbonyl (C=O) groups is 2. The second-order valence-corrected chi connectivity index (χ2v) is 6.30. The fourth-order valence-corrected chi connectivity index (χ4v) is 3.17. The summed E-state index contributed by atoms with van der Waals surface area (Å²) in [5.74, 6) is 0.179. The van der Waals surface area contributed by atoms with Gasteiger partial charge in [0.05, 0.1) is 6.61 Å². The minimum Gasteiger partial charge on any atom is -0.494 e. The number of para-hydroxylation sites is 2. The van der Waals surface area contributed by atoms with Gasteiger partial charge in [0.2, 0.25) is 5.78 Å². The van der Waals surface area contributed by atoms with E-state index in [1.165, 1.54) is 0 Å². The highest BCUT2D eigenvalue weighted by Gasteiger charge is 2.17. The van der Waals surface area contributed by atoms with Crippen molar-refractivity contribution in [3.05, 3.63) is 65.4 Å². The van der Waals surface area contributed by atoms with Crippen molar-refractivity contribution in [3.8, 4) is 5.75 Å². The molecule has 1 N–H and O–H groups in total. The Morgan fingerprint density at radius 2 is 1.78 bits per heavy atom. The summed E-state index contributed by atoms with van der Waals surface area (Å²) in [6.07, 6.45) is 0.708. The van der Waals surface area contributed by atoms with E-state index in [9.17, 15) is 9.59 Å². The number of benzene rings is 2. The lowest BCUT2D eigenvalue weighted by Crippen LogP contribution is -2.15. The number of ketones is 1. The van der Waals surface area contributed by atoms with E-state index in [2.05, 4.69) is 4.98 Å². The maximum absolute atomic E-state index is 12.5. The summed E-state index contributed by atoms with van der Waals surface area (Å²) in [4.78, 5) is 27.8. The molecule has 0 unspecified atom stereocenters. The highest BCUT2D eigenvalue weighted by Crippen LogP contribution is 2.23. The molecule has 5 heteroatoms. The molecule has 0 radical (unpaired) electrons. The number of aromatic amines is 1. The average molecular weight is 365 g/mol. The summed E-state index contributed by atoms with van der Waals surface area (Å²) in [5.41, 5.74) is 3.22. The van der Waals surface area contributed by atoms with Crippen molar-refractivity contribution in [2.45, 2.75) is 26.7 Å². The van der Waals surface area contributed by atoms with Gasteiger partial charge in [0.15, 0.2) is 6.61 Å². The number of esters is 1. The Hall–Kier alpha value is -3.08. The van der Waals surface area contributed by atoms with Gasteiger partial charge in [-0.3, -0.25) is 9.59 Å². The van der Waals surface area contributed by atoms with Crippen molar-refractivity contribution in [1.29, 1.82) is 0 Å². The summed E-state index contributed by atoms with van der Waals surface area (Å²) < 4.78 is 10.8. The summed E-state index contributed by atoms with van der Waals surface area (Å²) in [5, 5.41) is 0.849. The van der Waals surface area contributed by atoms with E-state index < -0.39 is 5.97 Å². The average Bonchev–Trinajstić information content (AvgIpc) is 3.01. The first-order valence-electron chi connectivity index (χ1n) is 9.07. The van der Waals surface area contributed by atoms with E-state index in [4.69, 9.17) is 9.47 Å². The zero-order valence-electron chi connectivity index (χ0n) is 15.6. The zero-order valence-corrected chi connectivity index (χ0v) is 15.6. The molecule has 0 saturated heterocycles. The van der Waals surface area contributed by atoms with Crippen LogP contribution in [0.3, 0.4) is 0 Å². The Kier molecular flexibility index (Phi) is 5.91. The van der Waals surface area contributed by atoms with Crippen LogP contribution >= 0.6 is 0 Å². The number of rotatable bonds is 8. The van der Waals surface area contributed by atoms with Gasteiger partial charge in [0, 0.05) is 28.6 Å².